The third-order valence-electron chi connectivity index (χ3n) is 5.93. The Morgan fingerprint density at radius 3 is 1.73 bits per heavy atom. The standard InChI is InChI=1S/C27H27NO5/c1-31-23-12-8-20(9-13-23)25-16-22(29)17-26(21-10-14-24(32-2)15-11-21)28(25)27(30)33-18-19-6-4-3-5-7-19/h3-15,25-26H,16-18H2,1-2H3/t25-,26-/m0/s1. The van der Waals surface area contributed by atoms with Gasteiger partial charge in [0.15, 0.2) is 0 Å². The number of benzene rings is 3. The number of likely N-dealkylation sites (tertiary alicyclic amines) is 1. The minimum Gasteiger partial charge on any atom is -0.497 e. The lowest BCUT2D eigenvalue weighted by Crippen LogP contribution is -2.43. The zero-order valence-electron chi connectivity index (χ0n) is 18.8. The summed E-state index contributed by atoms with van der Waals surface area (Å²) in [6.07, 6.45) is 0.0201. The van der Waals surface area contributed by atoms with Gasteiger partial charge in [-0.1, -0.05) is 54.6 Å². The predicted octanol–water partition coefficient (Wildman–Crippen LogP) is 5.49. The van der Waals surface area contributed by atoms with E-state index in [1.54, 1.807) is 19.1 Å². The number of nitrogens with zero attached hydrogens (tertiary/aromatic N) is 1. The third-order valence-corrected chi connectivity index (χ3v) is 5.93. The first-order valence-corrected chi connectivity index (χ1v) is 10.9. The van der Waals surface area contributed by atoms with Gasteiger partial charge in [-0.15, -0.1) is 0 Å². The highest BCUT2D eigenvalue weighted by Gasteiger charge is 2.40. The van der Waals surface area contributed by atoms with Crippen molar-refractivity contribution in [1.82, 2.24) is 4.90 Å². The molecule has 1 saturated heterocycles. The number of ketones is 1. The molecule has 1 aliphatic heterocycles. The zero-order valence-corrected chi connectivity index (χ0v) is 18.8. The molecule has 2 atom stereocenters. The van der Waals surface area contributed by atoms with Crippen LogP contribution >= 0.6 is 0 Å². The molecular formula is C27H27NO5. The van der Waals surface area contributed by atoms with Gasteiger partial charge in [0, 0.05) is 12.8 Å². The van der Waals surface area contributed by atoms with Crippen molar-refractivity contribution in [2.24, 2.45) is 0 Å². The maximum Gasteiger partial charge on any atom is 0.411 e. The topological polar surface area (TPSA) is 65.1 Å². The van der Waals surface area contributed by atoms with Crippen molar-refractivity contribution in [2.45, 2.75) is 31.5 Å². The van der Waals surface area contributed by atoms with Crippen molar-refractivity contribution in [3.05, 3.63) is 95.6 Å². The number of hydrogen-bond acceptors (Lipinski definition) is 5. The molecule has 0 unspecified atom stereocenters. The first kappa shape index (κ1) is 22.4. The number of hydrogen-bond donors (Lipinski definition) is 0. The van der Waals surface area contributed by atoms with Gasteiger partial charge in [0.1, 0.15) is 23.9 Å². The molecule has 1 amide bonds. The zero-order chi connectivity index (χ0) is 23.2. The van der Waals surface area contributed by atoms with Crippen molar-refractivity contribution < 1.29 is 23.8 Å². The van der Waals surface area contributed by atoms with Gasteiger partial charge in [-0.3, -0.25) is 9.69 Å². The lowest BCUT2D eigenvalue weighted by Gasteiger charge is -2.41. The SMILES string of the molecule is COc1ccc([C@@H]2CC(=O)C[C@@H](c3ccc(OC)cc3)N2C(=O)OCc2ccccc2)cc1. The number of rotatable bonds is 6. The van der Waals surface area contributed by atoms with Crippen LogP contribution in [0.4, 0.5) is 4.79 Å². The molecular weight excluding hydrogens is 418 g/mol. The second kappa shape index (κ2) is 10.2. The van der Waals surface area contributed by atoms with E-state index in [9.17, 15) is 9.59 Å². The van der Waals surface area contributed by atoms with Crippen molar-refractivity contribution >= 4 is 11.9 Å². The molecule has 0 radical (unpaired) electrons. The molecule has 6 heteroatoms. The predicted molar refractivity (Wildman–Crippen MR) is 124 cm³/mol. The summed E-state index contributed by atoms with van der Waals surface area (Å²) in [4.78, 5) is 27.9. The van der Waals surface area contributed by atoms with E-state index in [2.05, 4.69) is 0 Å². The number of amides is 1. The molecule has 0 aromatic heterocycles. The molecule has 0 bridgehead atoms. The van der Waals surface area contributed by atoms with Crippen molar-refractivity contribution in [3.8, 4) is 11.5 Å². The Kier molecular flexibility index (Phi) is 6.93. The highest BCUT2D eigenvalue weighted by molar-refractivity contribution is 5.83. The van der Waals surface area contributed by atoms with Gasteiger partial charge >= 0.3 is 6.09 Å². The van der Waals surface area contributed by atoms with Gasteiger partial charge in [0.2, 0.25) is 0 Å². The van der Waals surface area contributed by atoms with Crippen LogP contribution in [0.25, 0.3) is 0 Å². The van der Waals surface area contributed by atoms with Gasteiger partial charge in [-0.05, 0) is 41.0 Å². The molecule has 0 N–H and O–H groups in total. The minimum atomic E-state index is -0.451. The van der Waals surface area contributed by atoms with Crippen LogP contribution in [0, 0.1) is 0 Å². The number of carbonyl (C=O) groups is 2. The number of Topliss-reactive ketones (excluding diaryl/α,β-unsaturated/α-hetero) is 1. The quantitative estimate of drug-likeness (QED) is 0.502. The first-order chi connectivity index (χ1) is 16.1. The molecule has 3 aromatic carbocycles. The fraction of sp³-hybridized carbons (Fsp3) is 0.259. The molecule has 1 fully saturated rings. The summed E-state index contributed by atoms with van der Waals surface area (Å²) in [6.45, 7) is 0.161. The smallest absolute Gasteiger partial charge is 0.411 e. The summed E-state index contributed by atoms with van der Waals surface area (Å²) in [5.41, 5.74) is 2.62. The highest BCUT2D eigenvalue weighted by atomic mass is 16.6. The Labute approximate surface area is 193 Å². The van der Waals surface area contributed by atoms with E-state index in [1.807, 2.05) is 78.9 Å². The lowest BCUT2D eigenvalue weighted by atomic mass is 9.87. The van der Waals surface area contributed by atoms with E-state index >= 15 is 0 Å². The van der Waals surface area contributed by atoms with Gasteiger partial charge in [-0.2, -0.15) is 0 Å². The maximum atomic E-state index is 13.4. The minimum absolute atomic E-state index is 0.101. The number of carbonyl (C=O) groups excluding carboxylic acids is 2. The molecule has 170 valence electrons. The van der Waals surface area contributed by atoms with E-state index in [4.69, 9.17) is 14.2 Å². The van der Waals surface area contributed by atoms with E-state index < -0.39 is 18.2 Å². The van der Waals surface area contributed by atoms with Crippen LogP contribution < -0.4 is 9.47 Å². The summed E-state index contributed by atoms with van der Waals surface area (Å²) in [5, 5.41) is 0. The fourth-order valence-corrected chi connectivity index (χ4v) is 4.19. The first-order valence-electron chi connectivity index (χ1n) is 10.9. The Morgan fingerprint density at radius 2 is 1.27 bits per heavy atom. The Morgan fingerprint density at radius 1 is 0.788 bits per heavy atom. The van der Waals surface area contributed by atoms with E-state index in [0.717, 1.165) is 16.7 Å². The summed E-state index contributed by atoms with van der Waals surface area (Å²) >= 11 is 0. The van der Waals surface area contributed by atoms with Crippen LogP contribution in [0.1, 0.15) is 41.6 Å². The second-order valence-electron chi connectivity index (χ2n) is 7.97. The van der Waals surface area contributed by atoms with E-state index in [-0.39, 0.29) is 25.2 Å². The number of piperidine rings is 1. The largest absolute Gasteiger partial charge is 0.497 e. The Bertz CT molecular complexity index is 1020. The molecule has 0 spiro atoms. The summed E-state index contributed by atoms with van der Waals surface area (Å²) in [5.74, 6) is 1.53. The third kappa shape index (κ3) is 5.17. The van der Waals surface area contributed by atoms with Crippen molar-refractivity contribution in [3.63, 3.8) is 0 Å². The van der Waals surface area contributed by atoms with Crippen molar-refractivity contribution in [2.75, 3.05) is 14.2 Å². The molecule has 6 nitrogen and oxygen atoms in total. The fourth-order valence-electron chi connectivity index (χ4n) is 4.19. The van der Waals surface area contributed by atoms with Crippen LogP contribution in [0.5, 0.6) is 11.5 Å². The normalized spacial score (nSPS) is 18.0. The molecule has 1 aliphatic rings. The van der Waals surface area contributed by atoms with E-state index in [0.29, 0.717) is 11.5 Å². The summed E-state index contributed by atoms with van der Waals surface area (Å²) < 4.78 is 16.3. The van der Waals surface area contributed by atoms with Crippen molar-refractivity contribution in [1.29, 1.82) is 0 Å². The van der Waals surface area contributed by atoms with Crippen LogP contribution in [0.2, 0.25) is 0 Å². The lowest BCUT2D eigenvalue weighted by molar-refractivity contribution is -0.125. The van der Waals surface area contributed by atoms with Crippen LogP contribution in [-0.2, 0) is 16.1 Å². The highest BCUT2D eigenvalue weighted by Crippen LogP contribution is 2.41. The Balaban J connectivity index is 1.67. The van der Waals surface area contributed by atoms with Crippen LogP contribution in [-0.4, -0.2) is 31.0 Å². The maximum absolute atomic E-state index is 13.4. The molecule has 1 heterocycles. The van der Waals surface area contributed by atoms with Gasteiger partial charge in [0.25, 0.3) is 0 Å². The average Bonchev–Trinajstić information content (AvgIpc) is 2.87. The van der Waals surface area contributed by atoms with Gasteiger partial charge in [-0.25, -0.2) is 4.79 Å². The molecule has 0 aliphatic carbocycles. The molecule has 4 rings (SSSR count). The number of ether oxygens (including phenoxy) is 3. The van der Waals surface area contributed by atoms with Crippen LogP contribution in [0.3, 0.4) is 0 Å². The van der Waals surface area contributed by atoms with Gasteiger partial charge < -0.3 is 14.2 Å². The number of methoxy groups -OCH3 is 2. The second-order valence-corrected chi connectivity index (χ2v) is 7.97. The van der Waals surface area contributed by atoms with E-state index in [1.165, 1.54) is 0 Å². The monoisotopic (exact) mass is 445 g/mol. The Hall–Kier alpha value is -3.80. The molecule has 3 aromatic rings. The summed E-state index contributed by atoms with van der Waals surface area (Å²) in [7, 11) is 3.21. The molecule has 33 heavy (non-hydrogen) atoms. The molecule has 0 saturated carbocycles. The average molecular weight is 446 g/mol. The van der Waals surface area contributed by atoms with Gasteiger partial charge in [0.05, 0.1) is 26.3 Å². The summed E-state index contributed by atoms with van der Waals surface area (Å²) in [6, 6.07) is 23.6. The van der Waals surface area contributed by atoms with Crippen LogP contribution in [0.15, 0.2) is 78.9 Å².